The van der Waals surface area contributed by atoms with Gasteiger partial charge in [0.2, 0.25) is 5.91 Å². The first-order valence-electron chi connectivity index (χ1n) is 6.58. The molecule has 1 aliphatic heterocycles. The molecule has 1 fully saturated rings. The maximum Gasteiger partial charge on any atom is 0.239 e. The summed E-state index contributed by atoms with van der Waals surface area (Å²) in [6, 6.07) is -0.303. The Morgan fingerprint density at radius 2 is 2.18 bits per heavy atom. The van der Waals surface area contributed by atoms with Gasteiger partial charge >= 0.3 is 0 Å². The van der Waals surface area contributed by atoms with Crippen LogP contribution in [-0.2, 0) is 4.79 Å². The molecule has 3 atom stereocenters. The molecule has 17 heavy (non-hydrogen) atoms. The van der Waals surface area contributed by atoms with Gasteiger partial charge in [0.15, 0.2) is 0 Å². The predicted octanol–water partition coefficient (Wildman–Crippen LogP) is 1.96. The number of carbonyl (C=O) groups is 1. The monoisotopic (exact) mass is 258 g/mol. The molecule has 1 aliphatic rings. The lowest BCUT2D eigenvalue weighted by molar-refractivity contribution is -0.133. The predicted molar refractivity (Wildman–Crippen MR) is 75.1 cm³/mol. The number of rotatable bonds is 4. The minimum Gasteiger partial charge on any atom is -0.341 e. The number of nitrogens with two attached hydrogens (primary N) is 1. The van der Waals surface area contributed by atoms with E-state index in [1.165, 1.54) is 6.42 Å². The molecule has 0 aromatic rings. The van der Waals surface area contributed by atoms with E-state index < -0.39 is 0 Å². The average Bonchev–Trinajstić information content (AvgIpc) is 2.46. The fraction of sp³-hybridized carbons (Fsp3) is 0.923. The summed E-state index contributed by atoms with van der Waals surface area (Å²) in [4.78, 5) is 14.2. The van der Waals surface area contributed by atoms with Crippen molar-refractivity contribution in [3.8, 4) is 0 Å². The van der Waals surface area contributed by atoms with Gasteiger partial charge in [-0.3, -0.25) is 4.79 Å². The van der Waals surface area contributed by atoms with Crippen LogP contribution in [0.25, 0.3) is 0 Å². The maximum atomic E-state index is 12.2. The number of hydrogen-bond donors (Lipinski definition) is 1. The van der Waals surface area contributed by atoms with Crippen LogP contribution in [0.4, 0.5) is 0 Å². The molecule has 0 aromatic heterocycles. The van der Waals surface area contributed by atoms with Gasteiger partial charge in [-0.15, -0.1) is 0 Å². The minimum atomic E-state index is -0.303. The Hall–Kier alpha value is -0.220. The van der Waals surface area contributed by atoms with Crippen LogP contribution in [0.5, 0.6) is 0 Å². The molecule has 1 saturated heterocycles. The highest BCUT2D eigenvalue weighted by Crippen LogP contribution is 2.21. The first kappa shape index (κ1) is 14.8. The van der Waals surface area contributed by atoms with Crippen molar-refractivity contribution < 1.29 is 4.79 Å². The summed E-state index contributed by atoms with van der Waals surface area (Å²) in [5.41, 5.74) is 5.96. The van der Waals surface area contributed by atoms with Crippen LogP contribution in [0.3, 0.4) is 0 Å². The number of nitrogens with zero attached hydrogens (tertiary/aromatic N) is 1. The largest absolute Gasteiger partial charge is 0.341 e. The molecule has 4 heteroatoms. The maximum absolute atomic E-state index is 12.2. The number of hydrogen-bond acceptors (Lipinski definition) is 3. The van der Waals surface area contributed by atoms with Gasteiger partial charge in [-0.05, 0) is 43.1 Å². The van der Waals surface area contributed by atoms with E-state index in [4.69, 9.17) is 5.73 Å². The summed E-state index contributed by atoms with van der Waals surface area (Å²) in [5, 5.41) is 0. The Kier molecular flexibility index (Phi) is 6.34. The van der Waals surface area contributed by atoms with Crippen LogP contribution in [0.2, 0.25) is 0 Å². The molecule has 2 N–H and O–H groups in total. The molecular formula is C13H26N2OS. The molecule has 0 radical (unpaired) electrons. The summed E-state index contributed by atoms with van der Waals surface area (Å²) in [6.07, 6.45) is 5.18. The Morgan fingerprint density at radius 3 is 2.82 bits per heavy atom. The Balaban J connectivity index is 2.49. The molecule has 0 unspecified atom stereocenters. The number of carbonyl (C=O) groups excluding carboxylic acids is 1. The number of amides is 1. The molecule has 0 spiro atoms. The highest BCUT2D eigenvalue weighted by atomic mass is 32.2. The summed E-state index contributed by atoms with van der Waals surface area (Å²) >= 11 is 1.75. The van der Waals surface area contributed by atoms with Crippen molar-refractivity contribution in [2.45, 2.75) is 39.2 Å². The molecule has 1 rings (SSSR count). The van der Waals surface area contributed by atoms with E-state index in [1.807, 2.05) is 11.2 Å². The van der Waals surface area contributed by atoms with Crippen LogP contribution in [0.15, 0.2) is 0 Å². The average molecular weight is 258 g/mol. The van der Waals surface area contributed by atoms with Gasteiger partial charge in [-0.2, -0.15) is 11.8 Å². The molecule has 0 bridgehead atoms. The highest BCUT2D eigenvalue weighted by molar-refractivity contribution is 7.98. The quantitative estimate of drug-likeness (QED) is 0.838. The second-order valence-corrected chi connectivity index (χ2v) is 6.39. The third kappa shape index (κ3) is 4.88. The van der Waals surface area contributed by atoms with Crippen molar-refractivity contribution in [1.29, 1.82) is 0 Å². The van der Waals surface area contributed by atoms with E-state index >= 15 is 0 Å². The van der Waals surface area contributed by atoms with Gasteiger partial charge in [0, 0.05) is 13.1 Å². The fourth-order valence-electron chi connectivity index (χ4n) is 2.53. The van der Waals surface area contributed by atoms with Crippen molar-refractivity contribution in [1.82, 2.24) is 4.90 Å². The summed E-state index contributed by atoms with van der Waals surface area (Å²) in [7, 11) is 0. The highest BCUT2D eigenvalue weighted by Gasteiger charge is 2.25. The fourth-order valence-corrected chi connectivity index (χ4v) is 3.02. The molecule has 0 aromatic carbocycles. The first-order valence-corrected chi connectivity index (χ1v) is 7.97. The van der Waals surface area contributed by atoms with Crippen LogP contribution in [0.1, 0.15) is 33.1 Å². The third-order valence-electron chi connectivity index (χ3n) is 3.49. The summed E-state index contributed by atoms with van der Waals surface area (Å²) in [5.74, 6) is 2.45. The van der Waals surface area contributed by atoms with E-state index in [9.17, 15) is 4.79 Å². The molecule has 3 nitrogen and oxygen atoms in total. The van der Waals surface area contributed by atoms with Crippen LogP contribution in [-0.4, -0.2) is 41.9 Å². The molecular weight excluding hydrogens is 232 g/mol. The zero-order valence-electron chi connectivity index (χ0n) is 11.3. The van der Waals surface area contributed by atoms with Crippen molar-refractivity contribution in [2.75, 3.05) is 25.1 Å². The zero-order chi connectivity index (χ0) is 12.8. The van der Waals surface area contributed by atoms with Crippen molar-refractivity contribution in [2.24, 2.45) is 17.6 Å². The lowest BCUT2D eigenvalue weighted by Gasteiger charge is -2.25. The van der Waals surface area contributed by atoms with E-state index in [1.54, 1.807) is 11.8 Å². The third-order valence-corrected chi connectivity index (χ3v) is 4.13. The Morgan fingerprint density at radius 1 is 1.47 bits per heavy atom. The summed E-state index contributed by atoms with van der Waals surface area (Å²) < 4.78 is 0. The summed E-state index contributed by atoms with van der Waals surface area (Å²) in [6.45, 7) is 6.28. The van der Waals surface area contributed by atoms with Crippen LogP contribution in [0, 0.1) is 11.8 Å². The second kappa shape index (κ2) is 7.27. The Labute approximate surface area is 109 Å². The minimum absolute atomic E-state index is 0.153. The van der Waals surface area contributed by atoms with Crippen LogP contribution >= 0.6 is 11.8 Å². The van der Waals surface area contributed by atoms with Gasteiger partial charge < -0.3 is 10.6 Å². The number of likely N-dealkylation sites (tertiary alicyclic amines) is 1. The van der Waals surface area contributed by atoms with Crippen molar-refractivity contribution >= 4 is 17.7 Å². The normalized spacial score (nSPS) is 27.6. The van der Waals surface area contributed by atoms with Gasteiger partial charge in [0.1, 0.15) is 0 Å². The van der Waals surface area contributed by atoms with E-state index in [-0.39, 0.29) is 11.9 Å². The van der Waals surface area contributed by atoms with Crippen LogP contribution < -0.4 is 5.73 Å². The van der Waals surface area contributed by atoms with Gasteiger partial charge in [0.05, 0.1) is 6.04 Å². The lowest BCUT2D eigenvalue weighted by atomic mass is 9.97. The first-order chi connectivity index (χ1) is 8.04. The Bertz CT molecular complexity index is 248. The molecule has 0 saturated carbocycles. The van der Waals surface area contributed by atoms with E-state index in [2.05, 4.69) is 13.8 Å². The van der Waals surface area contributed by atoms with E-state index in [0.29, 0.717) is 5.92 Å². The second-order valence-electron chi connectivity index (χ2n) is 5.41. The molecule has 0 aliphatic carbocycles. The smallest absolute Gasteiger partial charge is 0.239 e. The van der Waals surface area contributed by atoms with E-state index in [0.717, 1.165) is 37.6 Å². The van der Waals surface area contributed by atoms with Gasteiger partial charge in [0.25, 0.3) is 0 Å². The SMILES string of the molecule is CSCC[C@H](N)C(=O)N1CC[C@@H](C)C[C@H](C)C1. The molecule has 1 heterocycles. The van der Waals surface area contributed by atoms with Crippen molar-refractivity contribution in [3.05, 3.63) is 0 Å². The zero-order valence-corrected chi connectivity index (χ0v) is 12.1. The lowest BCUT2D eigenvalue weighted by Crippen LogP contribution is -2.45. The standard InChI is InChI=1S/C13H26N2OS/c1-10-4-6-15(9-11(2)8-10)13(16)12(14)5-7-17-3/h10-12H,4-9,14H2,1-3H3/t10-,11+,12+/m1/s1. The molecule has 100 valence electrons. The van der Waals surface area contributed by atoms with Crippen molar-refractivity contribution in [3.63, 3.8) is 0 Å². The topological polar surface area (TPSA) is 46.3 Å². The van der Waals surface area contributed by atoms with Gasteiger partial charge in [-0.25, -0.2) is 0 Å². The number of thioether (sulfide) groups is 1. The van der Waals surface area contributed by atoms with Gasteiger partial charge in [-0.1, -0.05) is 13.8 Å². The molecule has 1 amide bonds.